The van der Waals surface area contributed by atoms with Crippen LogP contribution in [0.3, 0.4) is 0 Å². The summed E-state index contributed by atoms with van der Waals surface area (Å²) in [6.07, 6.45) is 0.776. The van der Waals surface area contributed by atoms with Gasteiger partial charge in [-0.3, -0.25) is 0 Å². The van der Waals surface area contributed by atoms with Crippen molar-refractivity contribution in [1.29, 1.82) is 5.26 Å². The molecular weight excluding hydrogens is 290 g/mol. The van der Waals surface area contributed by atoms with Crippen molar-refractivity contribution in [3.63, 3.8) is 0 Å². The number of thioether (sulfide) groups is 1. The van der Waals surface area contributed by atoms with E-state index in [1.165, 1.54) is 4.90 Å². The maximum Gasteiger partial charge on any atom is 0.150 e. The second-order valence-corrected chi connectivity index (χ2v) is 5.54. The first kappa shape index (κ1) is 15.3. The van der Waals surface area contributed by atoms with Gasteiger partial charge < -0.3 is 5.32 Å². The van der Waals surface area contributed by atoms with E-state index in [1.807, 2.05) is 30.3 Å². The Morgan fingerprint density at radius 2 is 1.76 bits per heavy atom. The minimum absolute atomic E-state index is 0.0183. The van der Waals surface area contributed by atoms with Gasteiger partial charge in [-0.1, -0.05) is 18.2 Å². The Labute approximate surface area is 126 Å². The summed E-state index contributed by atoms with van der Waals surface area (Å²) in [6.45, 7) is 0.472. The molecule has 2 rings (SSSR count). The van der Waals surface area contributed by atoms with Gasteiger partial charge in [0.25, 0.3) is 0 Å². The molecular formula is C16H14F2N2S. The highest BCUT2D eigenvalue weighted by Crippen LogP contribution is 2.21. The van der Waals surface area contributed by atoms with Crippen LogP contribution in [0.2, 0.25) is 0 Å². The van der Waals surface area contributed by atoms with Gasteiger partial charge in [-0.2, -0.15) is 5.26 Å². The topological polar surface area (TPSA) is 35.8 Å². The number of rotatable bonds is 6. The molecule has 2 aromatic rings. The van der Waals surface area contributed by atoms with E-state index in [4.69, 9.17) is 5.26 Å². The van der Waals surface area contributed by atoms with Crippen molar-refractivity contribution in [2.45, 2.75) is 11.3 Å². The van der Waals surface area contributed by atoms with Crippen LogP contribution in [-0.4, -0.2) is 12.3 Å². The minimum Gasteiger partial charge on any atom is -0.380 e. The van der Waals surface area contributed by atoms with Gasteiger partial charge in [-0.15, -0.1) is 11.8 Å². The number of anilines is 1. The highest BCUT2D eigenvalue weighted by Gasteiger charge is 2.10. The third kappa shape index (κ3) is 4.47. The maximum absolute atomic E-state index is 13.6. The number of hydrogen-bond acceptors (Lipinski definition) is 3. The molecule has 2 aromatic carbocycles. The molecule has 0 aromatic heterocycles. The first-order chi connectivity index (χ1) is 10.2. The van der Waals surface area contributed by atoms with Gasteiger partial charge in [0.2, 0.25) is 0 Å². The predicted octanol–water partition coefficient (Wildman–Crippen LogP) is 4.43. The first-order valence-corrected chi connectivity index (χ1v) is 7.50. The number of nitriles is 1. The summed E-state index contributed by atoms with van der Waals surface area (Å²) < 4.78 is 27.2. The molecule has 0 aliphatic carbocycles. The number of nitrogens with zero attached hydrogens (tertiary/aromatic N) is 1. The highest BCUT2D eigenvalue weighted by molar-refractivity contribution is 7.99. The third-order valence-electron chi connectivity index (χ3n) is 2.81. The molecule has 0 radical (unpaired) electrons. The molecule has 0 amide bonds. The molecule has 108 valence electrons. The van der Waals surface area contributed by atoms with Crippen molar-refractivity contribution in [3.05, 3.63) is 59.7 Å². The lowest BCUT2D eigenvalue weighted by Crippen LogP contribution is -2.07. The molecule has 0 saturated heterocycles. The fourth-order valence-electron chi connectivity index (χ4n) is 1.80. The summed E-state index contributed by atoms with van der Waals surface area (Å²) in [5.41, 5.74) is -0.186. The average Bonchev–Trinajstić information content (AvgIpc) is 2.50. The summed E-state index contributed by atoms with van der Waals surface area (Å²) in [5.74, 6) is -0.610. The van der Waals surface area contributed by atoms with Crippen molar-refractivity contribution in [3.8, 4) is 6.07 Å². The van der Waals surface area contributed by atoms with E-state index in [9.17, 15) is 8.78 Å². The first-order valence-electron chi connectivity index (χ1n) is 6.51. The lowest BCUT2D eigenvalue weighted by molar-refractivity contribution is 0.587. The van der Waals surface area contributed by atoms with Crippen LogP contribution in [-0.2, 0) is 0 Å². The molecule has 0 unspecified atom stereocenters. The van der Waals surface area contributed by atoms with Gasteiger partial charge in [0.05, 0.1) is 11.6 Å². The molecule has 0 aliphatic rings. The zero-order valence-corrected chi connectivity index (χ0v) is 12.1. The lowest BCUT2D eigenvalue weighted by atomic mass is 10.2. The molecule has 21 heavy (non-hydrogen) atoms. The standard InChI is InChI=1S/C16H14F2N2S/c17-14-9-12(11-19)10-15(18)16(14)20-7-4-8-21-13-5-2-1-3-6-13/h1-3,5-6,9-10,20H,4,7-8H2. The quantitative estimate of drug-likeness (QED) is 0.633. The van der Waals surface area contributed by atoms with E-state index in [1.54, 1.807) is 17.8 Å². The minimum atomic E-state index is -0.734. The maximum atomic E-state index is 13.6. The largest absolute Gasteiger partial charge is 0.380 e. The monoisotopic (exact) mass is 304 g/mol. The summed E-state index contributed by atoms with van der Waals surface area (Å²) in [7, 11) is 0. The van der Waals surface area contributed by atoms with Gasteiger partial charge in [0.15, 0.2) is 11.6 Å². The molecule has 2 nitrogen and oxygen atoms in total. The third-order valence-corrected chi connectivity index (χ3v) is 3.90. The Balaban J connectivity index is 1.80. The number of hydrogen-bond donors (Lipinski definition) is 1. The van der Waals surface area contributed by atoms with E-state index in [0.717, 1.165) is 24.3 Å². The van der Waals surface area contributed by atoms with Crippen LogP contribution in [0.25, 0.3) is 0 Å². The molecule has 0 spiro atoms. The van der Waals surface area contributed by atoms with Crippen LogP contribution in [0, 0.1) is 23.0 Å². The van der Waals surface area contributed by atoms with Crippen LogP contribution in [0.5, 0.6) is 0 Å². The molecule has 0 bridgehead atoms. The smallest absolute Gasteiger partial charge is 0.150 e. The van der Waals surface area contributed by atoms with Crippen molar-refractivity contribution < 1.29 is 8.78 Å². The van der Waals surface area contributed by atoms with Crippen molar-refractivity contribution >= 4 is 17.4 Å². The van der Waals surface area contributed by atoms with Crippen LogP contribution < -0.4 is 5.32 Å². The van der Waals surface area contributed by atoms with E-state index >= 15 is 0 Å². The Hall–Kier alpha value is -2.06. The van der Waals surface area contributed by atoms with Crippen molar-refractivity contribution in [1.82, 2.24) is 0 Å². The fraction of sp³-hybridized carbons (Fsp3) is 0.188. The number of nitrogens with one attached hydrogen (secondary N) is 1. The number of halogens is 2. The van der Waals surface area contributed by atoms with E-state index < -0.39 is 11.6 Å². The Morgan fingerprint density at radius 1 is 1.10 bits per heavy atom. The predicted molar refractivity (Wildman–Crippen MR) is 81.3 cm³/mol. The SMILES string of the molecule is N#Cc1cc(F)c(NCCCSc2ccccc2)c(F)c1. The second-order valence-electron chi connectivity index (χ2n) is 4.37. The van der Waals surface area contributed by atoms with Crippen molar-refractivity contribution in [2.75, 3.05) is 17.6 Å². The zero-order valence-electron chi connectivity index (χ0n) is 11.3. The van der Waals surface area contributed by atoms with Crippen LogP contribution in [0.15, 0.2) is 47.4 Å². The van der Waals surface area contributed by atoms with E-state index in [2.05, 4.69) is 5.32 Å². The van der Waals surface area contributed by atoms with Crippen LogP contribution >= 0.6 is 11.8 Å². The van der Waals surface area contributed by atoms with Gasteiger partial charge in [-0.25, -0.2) is 8.78 Å². The van der Waals surface area contributed by atoms with Crippen molar-refractivity contribution in [2.24, 2.45) is 0 Å². The highest BCUT2D eigenvalue weighted by atomic mass is 32.2. The summed E-state index contributed by atoms with van der Waals surface area (Å²) >= 11 is 1.70. The van der Waals surface area contributed by atoms with E-state index in [0.29, 0.717) is 6.54 Å². The van der Waals surface area contributed by atoms with Gasteiger partial charge in [0, 0.05) is 11.4 Å². The second kappa shape index (κ2) is 7.65. The Kier molecular flexibility index (Phi) is 5.59. The molecule has 1 N–H and O–H groups in total. The molecule has 0 aliphatic heterocycles. The molecule has 0 atom stereocenters. The summed E-state index contributed by atoms with van der Waals surface area (Å²) in [4.78, 5) is 1.17. The zero-order chi connectivity index (χ0) is 15.1. The van der Waals surface area contributed by atoms with Gasteiger partial charge in [-0.05, 0) is 36.4 Å². The summed E-state index contributed by atoms with van der Waals surface area (Å²) in [5, 5.41) is 11.4. The lowest BCUT2D eigenvalue weighted by Gasteiger charge is -2.09. The Bertz CT molecular complexity index is 615. The molecule has 0 saturated carbocycles. The summed E-state index contributed by atoms with van der Waals surface area (Å²) in [6, 6.07) is 13.7. The average molecular weight is 304 g/mol. The van der Waals surface area contributed by atoms with Gasteiger partial charge >= 0.3 is 0 Å². The van der Waals surface area contributed by atoms with Crippen LogP contribution in [0.1, 0.15) is 12.0 Å². The van der Waals surface area contributed by atoms with E-state index in [-0.39, 0.29) is 11.3 Å². The molecule has 5 heteroatoms. The van der Waals surface area contributed by atoms with Gasteiger partial charge in [0.1, 0.15) is 5.69 Å². The molecule has 0 heterocycles. The van der Waals surface area contributed by atoms with Crippen LogP contribution in [0.4, 0.5) is 14.5 Å². The molecule has 0 fully saturated rings. The fourth-order valence-corrected chi connectivity index (χ4v) is 2.67. The number of benzene rings is 2. The Morgan fingerprint density at radius 3 is 2.38 bits per heavy atom. The normalized spacial score (nSPS) is 10.1.